The molecule has 1 aliphatic carbocycles. The van der Waals surface area contributed by atoms with Crippen molar-refractivity contribution in [2.24, 2.45) is 0 Å². The van der Waals surface area contributed by atoms with E-state index in [9.17, 15) is 21.6 Å². The monoisotopic (exact) mass is 399 g/mol. The van der Waals surface area contributed by atoms with Crippen LogP contribution in [0.25, 0.3) is 0 Å². The van der Waals surface area contributed by atoms with Gasteiger partial charge in [-0.25, -0.2) is 16.8 Å². The molecular formula is C18H25NO5S2. The summed E-state index contributed by atoms with van der Waals surface area (Å²) in [6.07, 6.45) is 6.74. The second-order valence-electron chi connectivity index (χ2n) is 7.26. The van der Waals surface area contributed by atoms with E-state index in [2.05, 4.69) is 5.32 Å². The average Bonchev–Trinajstić information content (AvgIpc) is 2.81. The molecule has 1 aliphatic heterocycles. The SMILES string of the molecule is O=C(NC1CCCCCC1)c1ccc(S(=O)(=O)[C@H]2CCS(=O)(=O)C2)cc1. The number of amides is 1. The van der Waals surface area contributed by atoms with Gasteiger partial charge < -0.3 is 5.32 Å². The van der Waals surface area contributed by atoms with Crippen LogP contribution in [0.3, 0.4) is 0 Å². The van der Waals surface area contributed by atoms with Crippen LogP contribution >= 0.6 is 0 Å². The molecule has 144 valence electrons. The third kappa shape index (κ3) is 4.46. The topological polar surface area (TPSA) is 97.4 Å². The normalized spacial score (nSPS) is 24.1. The molecule has 1 saturated carbocycles. The molecule has 6 nitrogen and oxygen atoms in total. The smallest absolute Gasteiger partial charge is 0.251 e. The Kier molecular flexibility index (Phi) is 5.72. The van der Waals surface area contributed by atoms with Crippen molar-refractivity contribution in [3.63, 3.8) is 0 Å². The fourth-order valence-corrected chi connectivity index (χ4v) is 8.05. The Labute approximate surface area is 155 Å². The lowest BCUT2D eigenvalue weighted by Gasteiger charge is -2.16. The second-order valence-corrected chi connectivity index (χ2v) is 11.7. The number of nitrogens with one attached hydrogen (secondary N) is 1. The Bertz CT molecular complexity index is 851. The molecule has 2 fully saturated rings. The molecule has 1 saturated heterocycles. The molecule has 1 aromatic carbocycles. The maximum atomic E-state index is 12.6. The van der Waals surface area contributed by atoms with Gasteiger partial charge in [-0.1, -0.05) is 25.7 Å². The first kappa shape index (κ1) is 19.4. The van der Waals surface area contributed by atoms with Crippen LogP contribution in [-0.2, 0) is 19.7 Å². The molecule has 1 aromatic rings. The van der Waals surface area contributed by atoms with Gasteiger partial charge in [0.05, 0.1) is 21.7 Å². The van der Waals surface area contributed by atoms with Crippen LogP contribution in [0.15, 0.2) is 29.2 Å². The Morgan fingerprint density at radius 1 is 0.962 bits per heavy atom. The highest BCUT2D eigenvalue weighted by molar-refractivity contribution is 7.96. The molecule has 3 rings (SSSR count). The van der Waals surface area contributed by atoms with Crippen molar-refractivity contribution in [3.8, 4) is 0 Å². The summed E-state index contributed by atoms with van der Waals surface area (Å²) < 4.78 is 48.3. The highest BCUT2D eigenvalue weighted by Crippen LogP contribution is 2.25. The molecule has 1 amide bonds. The molecular weight excluding hydrogens is 374 g/mol. The van der Waals surface area contributed by atoms with E-state index in [1.165, 1.54) is 37.1 Å². The van der Waals surface area contributed by atoms with Crippen molar-refractivity contribution in [1.82, 2.24) is 5.32 Å². The molecule has 8 heteroatoms. The lowest BCUT2D eigenvalue weighted by atomic mass is 10.1. The van der Waals surface area contributed by atoms with Crippen molar-refractivity contribution in [3.05, 3.63) is 29.8 Å². The van der Waals surface area contributed by atoms with Crippen LogP contribution in [-0.4, -0.2) is 45.5 Å². The zero-order valence-electron chi connectivity index (χ0n) is 14.7. The number of rotatable bonds is 4. The first-order valence-electron chi connectivity index (χ1n) is 9.13. The van der Waals surface area contributed by atoms with Crippen molar-refractivity contribution in [1.29, 1.82) is 0 Å². The molecule has 26 heavy (non-hydrogen) atoms. The second kappa shape index (κ2) is 7.68. The van der Waals surface area contributed by atoms with Crippen LogP contribution in [0.5, 0.6) is 0 Å². The standard InChI is InChI=1S/C18H25NO5S2/c20-18(19-15-5-3-1-2-4-6-15)14-7-9-16(10-8-14)26(23,24)17-11-12-25(21,22)13-17/h7-10,15,17H,1-6,11-13H2,(H,19,20)/t17-/m0/s1. The Balaban J connectivity index is 1.68. The predicted molar refractivity (Wildman–Crippen MR) is 99.6 cm³/mol. The Hall–Kier alpha value is -1.41. The maximum Gasteiger partial charge on any atom is 0.251 e. The van der Waals surface area contributed by atoms with Crippen molar-refractivity contribution in [2.45, 2.75) is 61.1 Å². The minimum absolute atomic E-state index is 0.0746. The van der Waals surface area contributed by atoms with Crippen molar-refractivity contribution < 1.29 is 21.6 Å². The fraction of sp³-hybridized carbons (Fsp3) is 0.611. The molecule has 0 radical (unpaired) electrons. The van der Waals surface area contributed by atoms with Gasteiger partial charge in [-0.05, 0) is 43.5 Å². The van der Waals surface area contributed by atoms with E-state index < -0.39 is 24.9 Å². The third-order valence-electron chi connectivity index (χ3n) is 5.26. The third-order valence-corrected chi connectivity index (χ3v) is 9.45. The molecule has 0 spiro atoms. The summed E-state index contributed by atoms with van der Waals surface area (Å²) in [7, 11) is -6.97. The van der Waals surface area contributed by atoms with E-state index in [4.69, 9.17) is 0 Å². The van der Waals surface area contributed by atoms with Gasteiger partial charge >= 0.3 is 0 Å². The van der Waals surface area contributed by atoms with Gasteiger partial charge in [0.2, 0.25) is 0 Å². The lowest BCUT2D eigenvalue weighted by Crippen LogP contribution is -2.34. The minimum Gasteiger partial charge on any atom is -0.349 e. The summed E-state index contributed by atoms with van der Waals surface area (Å²) in [6.45, 7) is 0. The molecule has 0 aromatic heterocycles. The van der Waals surface area contributed by atoms with Crippen LogP contribution in [0.2, 0.25) is 0 Å². The number of hydrogen-bond acceptors (Lipinski definition) is 5. The first-order chi connectivity index (χ1) is 12.3. The van der Waals surface area contributed by atoms with Gasteiger partial charge in [0.1, 0.15) is 0 Å². The zero-order chi connectivity index (χ0) is 18.8. The largest absolute Gasteiger partial charge is 0.349 e. The quantitative estimate of drug-likeness (QED) is 0.782. The van der Waals surface area contributed by atoms with E-state index >= 15 is 0 Å². The molecule has 1 N–H and O–H groups in total. The van der Waals surface area contributed by atoms with E-state index in [1.807, 2.05) is 0 Å². The van der Waals surface area contributed by atoms with Crippen molar-refractivity contribution in [2.75, 3.05) is 11.5 Å². The predicted octanol–water partition coefficient (Wildman–Crippen LogP) is 2.10. The minimum atomic E-state index is -3.70. The Morgan fingerprint density at radius 3 is 2.12 bits per heavy atom. The van der Waals surface area contributed by atoms with Crippen molar-refractivity contribution >= 4 is 25.6 Å². The highest BCUT2D eigenvalue weighted by atomic mass is 32.2. The number of carbonyl (C=O) groups is 1. The summed E-state index contributed by atoms with van der Waals surface area (Å²) >= 11 is 0. The zero-order valence-corrected chi connectivity index (χ0v) is 16.3. The molecule has 0 bridgehead atoms. The summed E-state index contributed by atoms with van der Waals surface area (Å²) in [5, 5.41) is 2.14. The highest BCUT2D eigenvalue weighted by Gasteiger charge is 2.38. The number of benzene rings is 1. The van der Waals surface area contributed by atoms with Gasteiger partial charge in [-0.15, -0.1) is 0 Å². The van der Waals surface area contributed by atoms with E-state index in [1.54, 1.807) is 0 Å². The van der Waals surface area contributed by atoms with Gasteiger partial charge in [-0.3, -0.25) is 4.79 Å². The Morgan fingerprint density at radius 2 is 1.58 bits per heavy atom. The molecule has 2 aliphatic rings. The fourth-order valence-electron chi connectivity index (χ4n) is 3.69. The van der Waals surface area contributed by atoms with Crippen LogP contribution < -0.4 is 5.32 Å². The van der Waals surface area contributed by atoms with E-state index in [-0.39, 0.29) is 34.8 Å². The summed E-state index contributed by atoms with van der Waals surface area (Å²) in [6, 6.07) is 5.99. The van der Waals surface area contributed by atoms with Crippen LogP contribution in [0.4, 0.5) is 0 Å². The first-order valence-corrected chi connectivity index (χ1v) is 12.5. The van der Waals surface area contributed by atoms with Crippen LogP contribution in [0.1, 0.15) is 55.3 Å². The number of hydrogen-bond donors (Lipinski definition) is 1. The maximum absolute atomic E-state index is 12.6. The van der Waals surface area contributed by atoms with Crippen LogP contribution in [0, 0.1) is 0 Å². The van der Waals surface area contributed by atoms with E-state index in [0.717, 1.165) is 25.7 Å². The number of sulfone groups is 2. The van der Waals surface area contributed by atoms with Gasteiger partial charge in [-0.2, -0.15) is 0 Å². The molecule has 1 heterocycles. The summed E-state index contributed by atoms with van der Waals surface area (Å²) in [5.74, 6) is -0.595. The van der Waals surface area contributed by atoms with Gasteiger partial charge in [0.15, 0.2) is 19.7 Å². The number of carbonyl (C=O) groups excluding carboxylic acids is 1. The average molecular weight is 400 g/mol. The van der Waals surface area contributed by atoms with Gasteiger partial charge in [0, 0.05) is 11.6 Å². The summed E-state index contributed by atoms with van der Waals surface area (Å²) in [5.41, 5.74) is 0.423. The summed E-state index contributed by atoms with van der Waals surface area (Å²) in [4.78, 5) is 12.5. The van der Waals surface area contributed by atoms with Gasteiger partial charge in [0.25, 0.3) is 5.91 Å². The van der Waals surface area contributed by atoms with E-state index in [0.29, 0.717) is 5.56 Å². The molecule has 1 atom stereocenters. The lowest BCUT2D eigenvalue weighted by molar-refractivity contribution is 0.0933. The molecule has 0 unspecified atom stereocenters.